The van der Waals surface area contributed by atoms with E-state index < -0.39 is 0 Å². The third-order valence-electron chi connectivity index (χ3n) is 2.72. The number of nitrogens with zero attached hydrogens (tertiary/aromatic N) is 1. The van der Waals surface area contributed by atoms with Crippen LogP contribution in [0.5, 0.6) is 0 Å². The highest BCUT2D eigenvalue weighted by Crippen LogP contribution is 2.30. The van der Waals surface area contributed by atoms with Crippen molar-refractivity contribution in [3.8, 4) is 0 Å². The van der Waals surface area contributed by atoms with Gasteiger partial charge in [-0.25, -0.2) is 4.98 Å². The lowest BCUT2D eigenvalue weighted by Crippen LogP contribution is -2.42. The van der Waals surface area contributed by atoms with E-state index in [9.17, 15) is 9.59 Å². The maximum Gasteiger partial charge on any atom is 0.279 e. The predicted molar refractivity (Wildman–Crippen MR) is 95.3 cm³/mol. The molecule has 118 valence electrons. The average Bonchev–Trinajstić information content (AvgIpc) is 3.19. The Balaban J connectivity index is 1.51. The Morgan fingerprint density at radius 3 is 2.91 bits per heavy atom. The molecule has 0 aliphatic rings. The van der Waals surface area contributed by atoms with Gasteiger partial charge in [-0.15, -0.1) is 22.7 Å². The van der Waals surface area contributed by atoms with Gasteiger partial charge in [-0.05, 0) is 29.6 Å². The molecule has 0 unspecified atom stereocenters. The third-order valence-corrected chi connectivity index (χ3v) is 6.00. The van der Waals surface area contributed by atoms with E-state index in [0.29, 0.717) is 9.90 Å². The van der Waals surface area contributed by atoms with E-state index in [4.69, 9.17) is 11.6 Å². The number of rotatable bonds is 4. The SMILES string of the molecule is O=C(CSc1nc2cc(Cl)ccc2s1)NNC(=O)c1cccs1. The second kappa shape index (κ2) is 7.31. The molecule has 1 aromatic carbocycles. The molecule has 2 heterocycles. The summed E-state index contributed by atoms with van der Waals surface area (Å²) in [6.45, 7) is 0. The zero-order chi connectivity index (χ0) is 16.2. The maximum atomic E-state index is 11.8. The fourth-order valence-electron chi connectivity index (χ4n) is 1.70. The molecule has 0 spiro atoms. The van der Waals surface area contributed by atoms with E-state index in [0.717, 1.165) is 14.6 Å². The van der Waals surface area contributed by atoms with Crippen LogP contribution in [0.1, 0.15) is 9.67 Å². The van der Waals surface area contributed by atoms with E-state index in [2.05, 4.69) is 15.8 Å². The summed E-state index contributed by atoms with van der Waals surface area (Å²) in [5, 5.41) is 2.43. The molecule has 3 aromatic rings. The van der Waals surface area contributed by atoms with Crippen LogP contribution in [0.4, 0.5) is 0 Å². The number of hydrazine groups is 1. The number of hydrogen-bond donors (Lipinski definition) is 2. The average molecular weight is 384 g/mol. The van der Waals surface area contributed by atoms with Crippen molar-refractivity contribution in [1.29, 1.82) is 0 Å². The summed E-state index contributed by atoms with van der Waals surface area (Å²) >= 11 is 10.0. The van der Waals surface area contributed by atoms with Gasteiger partial charge in [0.2, 0.25) is 5.91 Å². The van der Waals surface area contributed by atoms with Crippen LogP contribution in [0.15, 0.2) is 40.1 Å². The van der Waals surface area contributed by atoms with E-state index >= 15 is 0 Å². The van der Waals surface area contributed by atoms with Crippen molar-refractivity contribution in [3.05, 3.63) is 45.6 Å². The minimum Gasteiger partial charge on any atom is -0.272 e. The second-order valence-corrected chi connectivity index (χ2v) is 8.00. The molecule has 0 atom stereocenters. The monoisotopic (exact) mass is 383 g/mol. The van der Waals surface area contributed by atoms with Crippen molar-refractivity contribution in [2.45, 2.75) is 4.34 Å². The number of amides is 2. The van der Waals surface area contributed by atoms with Gasteiger partial charge in [0.15, 0.2) is 4.34 Å². The Morgan fingerprint density at radius 1 is 1.26 bits per heavy atom. The Morgan fingerprint density at radius 2 is 2.13 bits per heavy atom. The smallest absolute Gasteiger partial charge is 0.272 e. The van der Waals surface area contributed by atoms with Gasteiger partial charge >= 0.3 is 0 Å². The van der Waals surface area contributed by atoms with E-state index in [1.807, 2.05) is 12.1 Å². The summed E-state index contributed by atoms with van der Waals surface area (Å²) in [5.74, 6) is -0.455. The first-order chi connectivity index (χ1) is 11.1. The first-order valence-corrected chi connectivity index (χ1v) is 9.49. The molecular formula is C14H10ClN3O2S3. The second-order valence-electron chi connectivity index (χ2n) is 4.36. The standard InChI is InChI=1S/C14H10ClN3O2S3/c15-8-3-4-10-9(6-8)16-14(23-10)22-7-12(19)17-18-13(20)11-2-1-5-21-11/h1-6H,7H2,(H,17,19)(H,18,20). The number of nitrogens with one attached hydrogen (secondary N) is 2. The van der Waals surface area contributed by atoms with Gasteiger partial charge in [0, 0.05) is 5.02 Å². The Bertz CT molecular complexity index is 848. The molecule has 9 heteroatoms. The van der Waals surface area contributed by atoms with E-state index in [-0.39, 0.29) is 17.6 Å². The fraction of sp³-hybridized carbons (Fsp3) is 0.0714. The number of halogens is 1. The molecule has 23 heavy (non-hydrogen) atoms. The van der Waals surface area contributed by atoms with Crippen LogP contribution < -0.4 is 10.9 Å². The summed E-state index contributed by atoms with van der Waals surface area (Å²) in [5.41, 5.74) is 5.58. The van der Waals surface area contributed by atoms with Crippen molar-refractivity contribution in [2.75, 3.05) is 5.75 Å². The van der Waals surface area contributed by atoms with Crippen molar-refractivity contribution in [1.82, 2.24) is 15.8 Å². The van der Waals surface area contributed by atoms with Gasteiger partial charge in [0.1, 0.15) is 0 Å². The highest BCUT2D eigenvalue weighted by molar-refractivity contribution is 8.01. The van der Waals surface area contributed by atoms with Crippen LogP contribution in [0, 0.1) is 0 Å². The van der Waals surface area contributed by atoms with Crippen LogP contribution in [-0.4, -0.2) is 22.6 Å². The maximum absolute atomic E-state index is 11.8. The molecule has 5 nitrogen and oxygen atoms in total. The molecule has 2 aromatic heterocycles. The summed E-state index contributed by atoms with van der Waals surface area (Å²) in [6, 6.07) is 8.96. The minimum atomic E-state index is -0.326. The molecule has 2 amide bonds. The van der Waals surface area contributed by atoms with Gasteiger partial charge in [-0.2, -0.15) is 0 Å². The van der Waals surface area contributed by atoms with Gasteiger partial charge in [0.05, 0.1) is 20.8 Å². The van der Waals surface area contributed by atoms with Crippen molar-refractivity contribution >= 4 is 68.1 Å². The molecule has 0 fully saturated rings. The number of hydrogen-bond acceptors (Lipinski definition) is 6. The third kappa shape index (κ3) is 4.23. The normalized spacial score (nSPS) is 10.7. The van der Waals surface area contributed by atoms with Crippen molar-refractivity contribution in [2.24, 2.45) is 0 Å². The van der Waals surface area contributed by atoms with Crippen molar-refractivity contribution in [3.63, 3.8) is 0 Å². The summed E-state index contributed by atoms with van der Waals surface area (Å²) in [6.07, 6.45) is 0. The number of aromatic nitrogens is 1. The largest absolute Gasteiger partial charge is 0.279 e. The molecule has 0 aliphatic heterocycles. The molecule has 0 bridgehead atoms. The summed E-state index contributed by atoms with van der Waals surface area (Å²) in [7, 11) is 0. The van der Waals surface area contributed by atoms with Crippen molar-refractivity contribution < 1.29 is 9.59 Å². The fourth-order valence-corrected chi connectivity index (χ4v) is 4.33. The number of thiophene rings is 1. The Hall–Kier alpha value is -1.61. The number of carbonyl (C=O) groups is 2. The molecule has 0 aliphatic carbocycles. The Kier molecular flexibility index (Phi) is 5.16. The number of thioether (sulfide) groups is 1. The Labute approximate surface area is 149 Å². The topological polar surface area (TPSA) is 71.1 Å². The molecule has 0 saturated carbocycles. The lowest BCUT2D eigenvalue weighted by atomic mass is 10.3. The lowest BCUT2D eigenvalue weighted by Gasteiger charge is -2.04. The summed E-state index contributed by atoms with van der Waals surface area (Å²) < 4.78 is 1.80. The van der Waals surface area contributed by atoms with Gasteiger partial charge < -0.3 is 0 Å². The molecular weight excluding hydrogens is 374 g/mol. The molecule has 0 saturated heterocycles. The summed E-state index contributed by atoms with van der Waals surface area (Å²) in [4.78, 5) is 28.4. The number of carbonyl (C=O) groups excluding carboxylic acids is 2. The number of thiazole rings is 1. The van der Waals surface area contributed by atoms with Crippen LogP contribution in [-0.2, 0) is 4.79 Å². The van der Waals surface area contributed by atoms with Crippen LogP contribution in [0.25, 0.3) is 10.2 Å². The first-order valence-electron chi connectivity index (χ1n) is 6.43. The van der Waals surface area contributed by atoms with Gasteiger partial charge in [-0.1, -0.05) is 29.4 Å². The lowest BCUT2D eigenvalue weighted by molar-refractivity contribution is -0.119. The quantitative estimate of drug-likeness (QED) is 0.533. The van der Waals surface area contributed by atoms with Crippen LogP contribution in [0.2, 0.25) is 5.02 Å². The van der Waals surface area contributed by atoms with Crippen LogP contribution in [0.3, 0.4) is 0 Å². The minimum absolute atomic E-state index is 0.165. The molecule has 0 radical (unpaired) electrons. The van der Waals surface area contributed by atoms with Crippen LogP contribution >= 0.6 is 46.0 Å². The zero-order valence-corrected chi connectivity index (χ0v) is 14.7. The molecule has 2 N–H and O–H groups in total. The molecule has 3 rings (SSSR count). The van der Waals surface area contributed by atoms with E-state index in [1.54, 1.807) is 23.6 Å². The predicted octanol–water partition coefficient (Wildman–Crippen LogP) is 3.56. The zero-order valence-electron chi connectivity index (χ0n) is 11.5. The number of benzene rings is 1. The van der Waals surface area contributed by atoms with Gasteiger partial charge in [-0.3, -0.25) is 20.4 Å². The van der Waals surface area contributed by atoms with E-state index in [1.165, 1.54) is 34.4 Å². The highest BCUT2D eigenvalue weighted by atomic mass is 35.5. The number of fused-ring (bicyclic) bond motifs is 1. The highest BCUT2D eigenvalue weighted by Gasteiger charge is 2.10. The first kappa shape index (κ1) is 16.3. The van der Waals surface area contributed by atoms with Gasteiger partial charge in [0.25, 0.3) is 5.91 Å².